The Morgan fingerprint density at radius 1 is 0.548 bits per heavy atom. The van der Waals surface area contributed by atoms with Crippen molar-refractivity contribution >= 4 is 11.9 Å². The van der Waals surface area contributed by atoms with Gasteiger partial charge in [0.2, 0.25) is 0 Å². The molecule has 5 heteroatoms. The number of rotatable bonds is 31. The summed E-state index contributed by atoms with van der Waals surface area (Å²) in [7, 11) is 0. The van der Waals surface area contributed by atoms with Crippen LogP contribution in [-0.4, -0.2) is 36.4 Å². The van der Waals surface area contributed by atoms with Gasteiger partial charge in [-0.25, -0.2) is 0 Å². The van der Waals surface area contributed by atoms with E-state index in [-0.39, 0.29) is 25.2 Å². The predicted molar refractivity (Wildman–Crippen MR) is 178 cm³/mol. The zero-order valence-electron chi connectivity index (χ0n) is 27.5. The molecule has 0 spiro atoms. The number of aliphatic hydroxyl groups excluding tert-OH is 1. The Kier molecular flexibility index (Phi) is 32.1. The Bertz CT molecular complexity index is 682. The van der Waals surface area contributed by atoms with E-state index in [0.29, 0.717) is 12.8 Å². The van der Waals surface area contributed by atoms with E-state index >= 15 is 0 Å². The second-order valence-corrected chi connectivity index (χ2v) is 11.6. The molecule has 0 saturated carbocycles. The molecule has 0 bridgehead atoms. The van der Waals surface area contributed by atoms with Crippen LogP contribution in [0.1, 0.15) is 168 Å². The first-order chi connectivity index (χ1) is 20.6. The summed E-state index contributed by atoms with van der Waals surface area (Å²) in [6.07, 6.45) is 39.1. The van der Waals surface area contributed by atoms with Gasteiger partial charge in [-0.15, -0.1) is 0 Å². The fourth-order valence-corrected chi connectivity index (χ4v) is 4.74. The molecule has 5 nitrogen and oxygen atoms in total. The summed E-state index contributed by atoms with van der Waals surface area (Å²) in [6, 6.07) is 0. The first kappa shape index (κ1) is 40.1. The maximum absolute atomic E-state index is 12.1. The van der Waals surface area contributed by atoms with Crippen molar-refractivity contribution in [3.63, 3.8) is 0 Å². The SMILES string of the molecule is CCCCCC=CCC=CCC=CCCCCCCC(=O)OC(CO)COC(=O)CCCCCCCCCCCCC. The zero-order chi connectivity index (χ0) is 30.8. The fraction of sp³-hybridized carbons (Fsp3) is 0.784. The van der Waals surface area contributed by atoms with Crippen LogP contribution in [0.5, 0.6) is 0 Å². The molecule has 0 aliphatic carbocycles. The number of carbonyl (C=O) groups excluding carboxylic acids is 2. The van der Waals surface area contributed by atoms with Gasteiger partial charge in [0.05, 0.1) is 6.61 Å². The van der Waals surface area contributed by atoms with Crippen molar-refractivity contribution in [2.45, 2.75) is 174 Å². The van der Waals surface area contributed by atoms with Crippen LogP contribution in [0.25, 0.3) is 0 Å². The van der Waals surface area contributed by atoms with Crippen LogP contribution < -0.4 is 0 Å². The van der Waals surface area contributed by atoms with Crippen LogP contribution >= 0.6 is 0 Å². The Morgan fingerprint density at radius 3 is 1.48 bits per heavy atom. The Labute approximate surface area is 259 Å². The first-order valence-corrected chi connectivity index (χ1v) is 17.5. The van der Waals surface area contributed by atoms with E-state index in [9.17, 15) is 14.7 Å². The van der Waals surface area contributed by atoms with Crippen molar-refractivity contribution in [2.75, 3.05) is 13.2 Å². The quantitative estimate of drug-likeness (QED) is 0.0494. The van der Waals surface area contributed by atoms with Crippen molar-refractivity contribution in [1.29, 1.82) is 0 Å². The van der Waals surface area contributed by atoms with Gasteiger partial charge in [-0.2, -0.15) is 0 Å². The number of aliphatic hydroxyl groups is 1. The van der Waals surface area contributed by atoms with Gasteiger partial charge in [-0.3, -0.25) is 9.59 Å². The molecule has 0 aliphatic rings. The zero-order valence-corrected chi connectivity index (χ0v) is 27.5. The van der Waals surface area contributed by atoms with Gasteiger partial charge < -0.3 is 14.6 Å². The number of hydrogen-bond acceptors (Lipinski definition) is 5. The third-order valence-corrected chi connectivity index (χ3v) is 7.44. The van der Waals surface area contributed by atoms with Gasteiger partial charge in [-0.1, -0.05) is 140 Å². The van der Waals surface area contributed by atoms with E-state index in [2.05, 4.69) is 50.3 Å². The summed E-state index contributed by atoms with van der Waals surface area (Å²) >= 11 is 0. The van der Waals surface area contributed by atoms with Crippen molar-refractivity contribution in [3.05, 3.63) is 36.5 Å². The molecule has 0 aliphatic heterocycles. The number of allylic oxidation sites excluding steroid dienone is 6. The highest BCUT2D eigenvalue weighted by Crippen LogP contribution is 2.13. The highest BCUT2D eigenvalue weighted by Gasteiger charge is 2.16. The minimum atomic E-state index is -0.778. The van der Waals surface area contributed by atoms with Gasteiger partial charge in [0.1, 0.15) is 6.61 Å². The van der Waals surface area contributed by atoms with E-state index in [0.717, 1.165) is 64.2 Å². The van der Waals surface area contributed by atoms with E-state index < -0.39 is 6.10 Å². The lowest BCUT2D eigenvalue weighted by atomic mass is 10.1. The average molecular weight is 591 g/mol. The predicted octanol–water partition coefficient (Wildman–Crippen LogP) is 10.5. The molecular weight excluding hydrogens is 524 g/mol. The summed E-state index contributed by atoms with van der Waals surface area (Å²) in [5, 5.41) is 9.50. The number of unbranched alkanes of at least 4 members (excludes halogenated alkanes) is 17. The van der Waals surface area contributed by atoms with Gasteiger partial charge in [0.15, 0.2) is 6.10 Å². The summed E-state index contributed by atoms with van der Waals surface area (Å²) < 4.78 is 10.5. The van der Waals surface area contributed by atoms with Crippen LogP contribution in [0, 0.1) is 0 Å². The molecule has 0 amide bonds. The van der Waals surface area contributed by atoms with Crippen LogP contribution in [0.15, 0.2) is 36.5 Å². The highest BCUT2D eigenvalue weighted by atomic mass is 16.6. The highest BCUT2D eigenvalue weighted by molar-refractivity contribution is 5.70. The standard InChI is InChI=1S/C37H66O5/c1-3-5-7-9-11-13-15-16-17-18-19-20-22-24-26-28-30-32-37(40)42-35(33-38)34-41-36(39)31-29-27-25-23-21-14-12-10-8-6-4-2/h11,13,16-17,19-20,35,38H,3-10,12,14-15,18,21-34H2,1-2H3. The molecule has 0 fully saturated rings. The molecule has 0 aromatic rings. The van der Waals surface area contributed by atoms with Gasteiger partial charge in [0.25, 0.3) is 0 Å². The lowest BCUT2D eigenvalue weighted by molar-refractivity contribution is -0.161. The van der Waals surface area contributed by atoms with E-state index in [1.807, 2.05) is 0 Å². The second kappa shape index (κ2) is 33.6. The monoisotopic (exact) mass is 590 g/mol. The van der Waals surface area contributed by atoms with Crippen LogP contribution in [0.4, 0.5) is 0 Å². The third-order valence-electron chi connectivity index (χ3n) is 7.44. The minimum Gasteiger partial charge on any atom is -0.462 e. The molecule has 0 aromatic carbocycles. The molecule has 0 heterocycles. The molecule has 244 valence electrons. The van der Waals surface area contributed by atoms with E-state index in [1.54, 1.807) is 0 Å². The molecule has 42 heavy (non-hydrogen) atoms. The number of hydrogen-bond donors (Lipinski definition) is 1. The number of esters is 2. The van der Waals surface area contributed by atoms with Crippen LogP contribution in [-0.2, 0) is 19.1 Å². The maximum atomic E-state index is 12.1. The lowest BCUT2D eigenvalue weighted by Crippen LogP contribution is -2.28. The first-order valence-electron chi connectivity index (χ1n) is 17.5. The average Bonchev–Trinajstić information content (AvgIpc) is 2.99. The summed E-state index contributed by atoms with van der Waals surface area (Å²) in [5.74, 6) is -0.617. The van der Waals surface area contributed by atoms with Crippen LogP contribution in [0.3, 0.4) is 0 Å². The van der Waals surface area contributed by atoms with E-state index in [4.69, 9.17) is 9.47 Å². The molecule has 1 atom stereocenters. The fourth-order valence-electron chi connectivity index (χ4n) is 4.74. The molecule has 0 rings (SSSR count). The number of carbonyl (C=O) groups is 2. The normalized spacial score (nSPS) is 12.5. The smallest absolute Gasteiger partial charge is 0.306 e. The molecular formula is C37H66O5. The van der Waals surface area contributed by atoms with Crippen molar-refractivity contribution < 1.29 is 24.2 Å². The Balaban J connectivity index is 3.63. The second-order valence-electron chi connectivity index (χ2n) is 11.6. The molecule has 0 radical (unpaired) electrons. The van der Waals surface area contributed by atoms with Crippen molar-refractivity contribution in [3.8, 4) is 0 Å². The molecule has 0 aromatic heterocycles. The summed E-state index contributed by atoms with van der Waals surface area (Å²) in [5.41, 5.74) is 0. The van der Waals surface area contributed by atoms with Crippen molar-refractivity contribution in [1.82, 2.24) is 0 Å². The topological polar surface area (TPSA) is 72.8 Å². The molecule has 1 unspecified atom stereocenters. The van der Waals surface area contributed by atoms with Gasteiger partial charge in [0, 0.05) is 12.8 Å². The maximum Gasteiger partial charge on any atom is 0.306 e. The summed E-state index contributed by atoms with van der Waals surface area (Å²) in [6.45, 7) is 4.07. The lowest BCUT2D eigenvalue weighted by Gasteiger charge is -2.15. The molecule has 0 saturated heterocycles. The van der Waals surface area contributed by atoms with Gasteiger partial charge >= 0.3 is 11.9 Å². The Hall–Kier alpha value is -1.88. The number of ether oxygens (including phenoxy) is 2. The minimum absolute atomic E-state index is 0.0730. The Morgan fingerprint density at radius 2 is 0.952 bits per heavy atom. The van der Waals surface area contributed by atoms with Gasteiger partial charge in [-0.05, 0) is 51.4 Å². The van der Waals surface area contributed by atoms with Crippen molar-refractivity contribution in [2.24, 2.45) is 0 Å². The molecule has 1 N–H and O–H groups in total. The summed E-state index contributed by atoms with van der Waals surface area (Å²) in [4.78, 5) is 24.1. The van der Waals surface area contributed by atoms with Crippen LogP contribution in [0.2, 0.25) is 0 Å². The largest absolute Gasteiger partial charge is 0.462 e. The van der Waals surface area contributed by atoms with E-state index in [1.165, 1.54) is 77.0 Å². The third kappa shape index (κ3) is 31.1.